The summed E-state index contributed by atoms with van der Waals surface area (Å²) in [5.41, 5.74) is 1.36. The van der Waals surface area contributed by atoms with Gasteiger partial charge in [0.1, 0.15) is 0 Å². The van der Waals surface area contributed by atoms with E-state index in [0.29, 0.717) is 5.92 Å². The number of rotatable bonds is 2. The van der Waals surface area contributed by atoms with Crippen LogP contribution in [0.3, 0.4) is 0 Å². The SMILES string of the molecule is CCC(C)c1cc[o+]cc1. The van der Waals surface area contributed by atoms with Crippen molar-refractivity contribution in [3.63, 3.8) is 0 Å². The Kier molecular flexibility index (Phi) is 2.43. The molecule has 0 N–H and O–H groups in total. The molecule has 0 bridgehead atoms. The minimum atomic E-state index is 0.649. The normalized spacial score (nSPS) is 13.0. The fraction of sp³-hybridized carbons (Fsp3) is 0.444. The van der Waals surface area contributed by atoms with Gasteiger partial charge in [-0.2, -0.15) is 0 Å². The van der Waals surface area contributed by atoms with E-state index in [9.17, 15) is 0 Å². The molecule has 1 unspecified atom stereocenters. The molecule has 1 heteroatoms. The van der Waals surface area contributed by atoms with Gasteiger partial charge in [0.05, 0.1) is 0 Å². The molecular formula is C9H13O+. The Morgan fingerprint density at radius 1 is 1.40 bits per heavy atom. The summed E-state index contributed by atoms with van der Waals surface area (Å²) in [6, 6.07) is 4.04. The third-order valence-corrected chi connectivity index (χ3v) is 1.86. The van der Waals surface area contributed by atoms with E-state index in [1.54, 1.807) is 12.5 Å². The van der Waals surface area contributed by atoms with E-state index in [-0.39, 0.29) is 0 Å². The highest BCUT2D eigenvalue weighted by Crippen LogP contribution is 2.16. The van der Waals surface area contributed by atoms with Gasteiger partial charge in [-0.1, -0.05) is 13.8 Å². The van der Waals surface area contributed by atoms with Crippen LogP contribution in [0.4, 0.5) is 0 Å². The van der Waals surface area contributed by atoms with Crippen molar-refractivity contribution in [3.8, 4) is 0 Å². The lowest BCUT2D eigenvalue weighted by atomic mass is 10.0. The van der Waals surface area contributed by atoms with Crippen LogP contribution in [0.5, 0.6) is 0 Å². The maximum absolute atomic E-state index is 4.91. The summed E-state index contributed by atoms with van der Waals surface area (Å²) < 4.78 is 4.91. The summed E-state index contributed by atoms with van der Waals surface area (Å²) in [5, 5.41) is 0. The fourth-order valence-corrected chi connectivity index (χ4v) is 0.901. The molecule has 0 saturated carbocycles. The molecule has 0 aliphatic carbocycles. The topological polar surface area (TPSA) is 11.3 Å². The molecule has 1 rings (SSSR count). The first-order valence-electron chi connectivity index (χ1n) is 3.70. The Morgan fingerprint density at radius 3 is 2.50 bits per heavy atom. The van der Waals surface area contributed by atoms with Gasteiger partial charge in [0.2, 0.25) is 0 Å². The predicted molar refractivity (Wildman–Crippen MR) is 41.8 cm³/mol. The van der Waals surface area contributed by atoms with Crippen LogP contribution in [-0.2, 0) is 0 Å². The second-order valence-electron chi connectivity index (χ2n) is 2.55. The van der Waals surface area contributed by atoms with Gasteiger partial charge in [-0.15, -0.1) is 0 Å². The first-order chi connectivity index (χ1) is 4.84. The Hall–Kier alpha value is -0.850. The van der Waals surface area contributed by atoms with Gasteiger partial charge >= 0.3 is 12.5 Å². The van der Waals surface area contributed by atoms with E-state index >= 15 is 0 Å². The third-order valence-electron chi connectivity index (χ3n) is 1.86. The molecule has 0 spiro atoms. The molecule has 0 fully saturated rings. The largest absolute Gasteiger partial charge is 0.318 e. The second kappa shape index (κ2) is 3.35. The van der Waals surface area contributed by atoms with Crippen LogP contribution >= 0.6 is 0 Å². The van der Waals surface area contributed by atoms with Crippen molar-refractivity contribution in [3.05, 3.63) is 30.2 Å². The summed E-state index contributed by atoms with van der Waals surface area (Å²) in [7, 11) is 0. The van der Waals surface area contributed by atoms with Gasteiger partial charge in [-0.3, -0.25) is 0 Å². The van der Waals surface area contributed by atoms with Gasteiger partial charge in [0.15, 0.2) is 0 Å². The summed E-state index contributed by atoms with van der Waals surface area (Å²) in [6.45, 7) is 4.41. The van der Waals surface area contributed by atoms with Gasteiger partial charge in [-0.05, 0) is 17.9 Å². The minimum absolute atomic E-state index is 0.649. The Bertz CT molecular complexity index is 181. The molecule has 0 radical (unpaired) electrons. The van der Waals surface area contributed by atoms with Crippen molar-refractivity contribution < 1.29 is 4.42 Å². The smallest absolute Gasteiger partial charge is 0.224 e. The summed E-state index contributed by atoms with van der Waals surface area (Å²) >= 11 is 0. The zero-order valence-electron chi connectivity index (χ0n) is 6.50. The van der Waals surface area contributed by atoms with Gasteiger partial charge < -0.3 is 0 Å². The van der Waals surface area contributed by atoms with E-state index in [1.165, 1.54) is 12.0 Å². The Balaban J connectivity index is 2.75. The molecule has 1 atom stereocenters. The maximum Gasteiger partial charge on any atom is 0.318 e. The van der Waals surface area contributed by atoms with Crippen LogP contribution in [0.2, 0.25) is 0 Å². The van der Waals surface area contributed by atoms with E-state index in [0.717, 1.165) is 0 Å². The second-order valence-corrected chi connectivity index (χ2v) is 2.55. The summed E-state index contributed by atoms with van der Waals surface area (Å²) in [4.78, 5) is 0. The molecule has 1 aromatic heterocycles. The quantitative estimate of drug-likeness (QED) is 0.570. The molecule has 0 saturated heterocycles. The van der Waals surface area contributed by atoms with E-state index in [2.05, 4.69) is 13.8 Å². The lowest BCUT2D eigenvalue weighted by molar-refractivity contribution is 0.543. The van der Waals surface area contributed by atoms with Gasteiger partial charge in [0.25, 0.3) is 0 Å². The van der Waals surface area contributed by atoms with Crippen molar-refractivity contribution in [2.75, 3.05) is 0 Å². The van der Waals surface area contributed by atoms with Crippen LogP contribution in [0.1, 0.15) is 31.7 Å². The molecule has 1 nitrogen and oxygen atoms in total. The van der Waals surface area contributed by atoms with Crippen LogP contribution in [-0.4, -0.2) is 0 Å². The average molecular weight is 137 g/mol. The van der Waals surface area contributed by atoms with Crippen molar-refractivity contribution in [2.24, 2.45) is 0 Å². The van der Waals surface area contributed by atoms with E-state index in [1.807, 2.05) is 12.1 Å². The lowest BCUT2D eigenvalue weighted by Crippen LogP contribution is -1.88. The number of hydrogen-bond donors (Lipinski definition) is 0. The van der Waals surface area contributed by atoms with Crippen molar-refractivity contribution in [1.82, 2.24) is 0 Å². The van der Waals surface area contributed by atoms with Crippen molar-refractivity contribution in [1.29, 1.82) is 0 Å². The highest BCUT2D eigenvalue weighted by Gasteiger charge is 2.02. The fourth-order valence-electron chi connectivity index (χ4n) is 0.901. The van der Waals surface area contributed by atoms with E-state index < -0.39 is 0 Å². The molecule has 10 heavy (non-hydrogen) atoms. The zero-order valence-corrected chi connectivity index (χ0v) is 6.50. The first kappa shape index (κ1) is 7.26. The van der Waals surface area contributed by atoms with Crippen LogP contribution in [0.25, 0.3) is 0 Å². The van der Waals surface area contributed by atoms with E-state index in [4.69, 9.17) is 4.42 Å². The van der Waals surface area contributed by atoms with Crippen LogP contribution < -0.4 is 0 Å². The lowest BCUT2D eigenvalue weighted by Gasteiger charge is -2.03. The van der Waals surface area contributed by atoms with Crippen LogP contribution in [0.15, 0.2) is 29.1 Å². The molecular weight excluding hydrogens is 124 g/mol. The third kappa shape index (κ3) is 1.56. The minimum Gasteiger partial charge on any atom is -0.224 e. The highest BCUT2D eigenvalue weighted by atomic mass is 16.3. The molecule has 0 aromatic carbocycles. The van der Waals surface area contributed by atoms with Crippen molar-refractivity contribution >= 4 is 0 Å². The average Bonchev–Trinajstić information content (AvgIpc) is 2.05. The standard InChI is InChI=1S/C9H13O/c1-3-8(2)9-4-6-10-7-5-9/h4-8H,3H2,1-2H3/q+1. The predicted octanol–water partition coefficient (Wildman–Crippen LogP) is 3.07. The number of hydrogen-bond acceptors (Lipinski definition) is 0. The molecule has 0 aliphatic rings. The molecule has 1 aromatic rings. The molecule has 1 heterocycles. The first-order valence-corrected chi connectivity index (χ1v) is 3.70. The summed E-state index contributed by atoms with van der Waals surface area (Å²) in [6.07, 6.45) is 4.63. The van der Waals surface area contributed by atoms with Crippen molar-refractivity contribution in [2.45, 2.75) is 26.2 Å². The molecule has 0 amide bonds. The van der Waals surface area contributed by atoms with Gasteiger partial charge in [-0.25, -0.2) is 4.42 Å². The van der Waals surface area contributed by atoms with Crippen LogP contribution in [0, 0.1) is 0 Å². The maximum atomic E-state index is 4.91. The highest BCUT2D eigenvalue weighted by molar-refractivity contribution is 5.12. The monoisotopic (exact) mass is 137 g/mol. The van der Waals surface area contributed by atoms with Gasteiger partial charge in [0, 0.05) is 12.1 Å². The Morgan fingerprint density at radius 2 is 2.00 bits per heavy atom. The Labute approximate surface area is 61.7 Å². The molecule has 0 aliphatic heterocycles. The zero-order chi connectivity index (χ0) is 7.40. The summed E-state index contributed by atoms with van der Waals surface area (Å²) in [5.74, 6) is 0.649. The molecule has 54 valence electrons.